The minimum Gasteiger partial charge on any atom is -0.725 e. The van der Waals surface area contributed by atoms with Crippen LogP contribution in [0.4, 0.5) is 5.82 Å². The molecule has 0 bridgehead atoms. The summed E-state index contributed by atoms with van der Waals surface area (Å²) < 4.78 is 33.9. The molecule has 0 atom stereocenters. The standard InChI is InChI=1S/C7H7ClN2O5S2.Na/c8-5-1-2-6(9-3-5)10-7(11)4-16-15-17(12,13)14;/h1-3H,4H2,(H,9,10,11)(H,12,13,14);/q;+1/p-1. The molecule has 0 saturated carbocycles. The van der Waals surface area contributed by atoms with Gasteiger partial charge in [0.05, 0.1) is 5.02 Å². The molecule has 1 aromatic heterocycles. The molecule has 0 fully saturated rings. The summed E-state index contributed by atoms with van der Waals surface area (Å²) in [5.41, 5.74) is 0. The molecular formula is C7H6ClN2NaO5S2. The molecule has 0 spiro atoms. The molecular weight excluding hydrogens is 315 g/mol. The molecule has 18 heavy (non-hydrogen) atoms. The van der Waals surface area contributed by atoms with Crippen molar-refractivity contribution >= 4 is 45.8 Å². The Labute approximate surface area is 135 Å². The molecule has 0 aliphatic rings. The van der Waals surface area contributed by atoms with Crippen LogP contribution in [0.1, 0.15) is 0 Å². The zero-order chi connectivity index (χ0) is 12.9. The number of aromatic nitrogens is 1. The first-order valence-corrected chi connectivity index (χ1v) is 6.67. The van der Waals surface area contributed by atoms with Crippen LogP contribution in [0, 0.1) is 0 Å². The quantitative estimate of drug-likeness (QED) is 0.284. The van der Waals surface area contributed by atoms with Crippen LogP contribution < -0.4 is 34.9 Å². The Kier molecular flexibility index (Phi) is 8.39. The smallest absolute Gasteiger partial charge is 0.725 e. The number of carbonyl (C=O) groups excluding carboxylic acids is 1. The SMILES string of the molecule is O=C(CSOS(=O)(=O)[O-])Nc1ccc(Cl)cn1.[Na+]. The maximum absolute atomic E-state index is 11.2. The van der Waals surface area contributed by atoms with Crippen LogP contribution in [0.15, 0.2) is 18.3 Å². The second-order valence-corrected chi connectivity index (χ2v) is 4.97. The van der Waals surface area contributed by atoms with Gasteiger partial charge in [0.2, 0.25) is 16.3 Å². The fourth-order valence-corrected chi connectivity index (χ4v) is 1.72. The van der Waals surface area contributed by atoms with Crippen LogP contribution in [0.5, 0.6) is 0 Å². The summed E-state index contributed by atoms with van der Waals surface area (Å²) in [6.07, 6.45) is 1.34. The first kappa shape index (κ1) is 18.1. The predicted octanol–water partition coefficient (Wildman–Crippen LogP) is -2.20. The third-order valence-corrected chi connectivity index (χ3v) is 2.97. The maximum Gasteiger partial charge on any atom is 1.00 e. The van der Waals surface area contributed by atoms with Crippen molar-refractivity contribution in [3.8, 4) is 0 Å². The van der Waals surface area contributed by atoms with Crippen molar-refractivity contribution in [2.45, 2.75) is 0 Å². The van der Waals surface area contributed by atoms with Crippen LogP contribution in [0.2, 0.25) is 5.02 Å². The van der Waals surface area contributed by atoms with Crippen LogP contribution in [-0.2, 0) is 18.8 Å². The molecule has 11 heteroatoms. The van der Waals surface area contributed by atoms with E-state index in [0.29, 0.717) is 5.02 Å². The molecule has 0 saturated heterocycles. The van der Waals surface area contributed by atoms with E-state index < -0.39 is 16.3 Å². The second-order valence-electron chi connectivity index (χ2n) is 2.65. The summed E-state index contributed by atoms with van der Waals surface area (Å²) in [4.78, 5) is 15.0. The first-order valence-electron chi connectivity index (χ1n) is 4.05. The average Bonchev–Trinajstić information content (AvgIpc) is 2.19. The topological polar surface area (TPSA) is 108 Å². The van der Waals surface area contributed by atoms with Gasteiger partial charge < -0.3 is 9.87 Å². The van der Waals surface area contributed by atoms with Crippen LogP contribution >= 0.6 is 23.6 Å². The number of hydrogen-bond acceptors (Lipinski definition) is 7. The van der Waals surface area contributed by atoms with E-state index in [0.717, 1.165) is 0 Å². The molecule has 94 valence electrons. The van der Waals surface area contributed by atoms with Crippen molar-refractivity contribution in [3.05, 3.63) is 23.4 Å². The number of nitrogens with zero attached hydrogens (tertiary/aromatic N) is 1. The number of pyridine rings is 1. The minimum atomic E-state index is -4.80. The summed E-state index contributed by atoms with van der Waals surface area (Å²) in [6, 6.07) is 2.99. The van der Waals surface area contributed by atoms with E-state index in [-0.39, 0.29) is 53.2 Å². The van der Waals surface area contributed by atoms with E-state index in [9.17, 15) is 17.8 Å². The Balaban J connectivity index is 0.00000289. The molecule has 1 rings (SSSR count). The summed E-state index contributed by atoms with van der Waals surface area (Å²) in [5.74, 6) is -0.662. The van der Waals surface area contributed by atoms with Crippen molar-refractivity contribution in [1.29, 1.82) is 0 Å². The van der Waals surface area contributed by atoms with E-state index >= 15 is 0 Å². The predicted molar refractivity (Wildman–Crippen MR) is 61.1 cm³/mol. The number of nitrogens with one attached hydrogen (secondary N) is 1. The third kappa shape index (κ3) is 8.27. The number of anilines is 1. The van der Waals surface area contributed by atoms with Gasteiger partial charge in [-0.1, -0.05) is 11.6 Å². The molecule has 1 aromatic rings. The summed E-state index contributed by atoms with van der Waals surface area (Å²) in [6.45, 7) is 0. The number of halogens is 1. The normalized spacial score (nSPS) is 10.6. The van der Waals surface area contributed by atoms with Gasteiger partial charge >= 0.3 is 29.6 Å². The third-order valence-electron chi connectivity index (χ3n) is 1.32. The molecule has 0 unspecified atom stereocenters. The number of hydrogen-bond donors (Lipinski definition) is 1. The van der Waals surface area contributed by atoms with Gasteiger partial charge in [-0.25, -0.2) is 17.0 Å². The van der Waals surface area contributed by atoms with Gasteiger partial charge in [-0.05, 0) is 12.1 Å². The van der Waals surface area contributed by atoms with Crippen molar-refractivity contribution in [1.82, 2.24) is 4.98 Å². The van der Waals surface area contributed by atoms with Gasteiger partial charge in [0.25, 0.3) is 0 Å². The summed E-state index contributed by atoms with van der Waals surface area (Å²) in [7, 11) is -4.80. The Hall–Kier alpha value is 0.130. The molecule has 0 aromatic carbocycles. The molecule has 1 heterocycles. The van der Waals surface area contributed by atoms with Gasteiger partial charge in [-0.3, -0.25) is 4.79 Å². The molecule has 0 aliphatic heterocycles. The van der Waals surface area contributed by atoms with Crippen molar-refractivity contribution in [3.63, 3.8) is 0 Å². The van der Waals surface area contributed by atoms with Gasteiger partial charge in [-0.15, -0.1) is 0 Å². The van der Waals surface area contributed by atoms with E-state index in [1.165, 1.54) is 18.3 Å². The minimum absolute atomic E-state index is 0. The average molecular weight is 321 g/mol. The van der Waals surface area contributed by atoms with E-state index in [4.69, 9.17) is 11.6 Å². The molecule has 1 amide bonds. The zero-order valence-corrected chi connectivity index (χ0v) is 13.5. The first-order chi connectivity index (χ1) is 7.87. The molecule has 1 N–H and O–H groups in total. The van der Waals surface area contributed by atoms with Gasteiger partial charge in [0.1, 0.15) is 11.6 Å². The fourth-order valence-electron chi connectivity index (χ4n) is 0.765. The zero-order valence-electron chi connectivity index (χ0n) is 9.12. The Bertz CT molecular complexity index is 495. The largest absolute Gasteiger partial charge is 1.00 e. The molecule has 0 radical (unpaired) electrons. The summed E-state index contributed by atoms with van der Waals surface area (Å²) >= 11 is 5.81. The number of rotatable bonds is 5. The Morgan fingerprint density at radius 1 is 1.56 bits per heavy atom. The van der Waals surface area contributed by atoms with Crippen LogP contribution in [-0.4, -0.2) is 29.6 Å². The Morgan fingerprint density at radius 2 is 2.22 bits per heavy atom. The second kappa shape index (κ2) is 8.33. The van der Waals surface area contributed by atoms with E-state index in [1.807, 2.05) is 0 Å². The maximum atomic E-state index is 11.2. The Morgan fingerprint density at radius 3 is 2.72 bits per heavy atom. The van der Waals surface area contributed by atoms with E-state index in [1.54, 1.807) is 0 Å². The molecule has 7 nitrogen and oxygen atoms in total. The van der Waals surface area contributed by atoms with Crippen molar-refractivity contribution < 1.29 is 51.0 Å². The summed E-state index contributed by atoms with van der Waals surface area (Å²) in [5, 5.41) is 2.76. The van der Waals surface area contributed by atoms with Crippen molar-refractivity contribution in [2.75, 3.05) is 11.1 Å². The molecule has 0 aliphatic carbocycles. The number of amides is 1. The van der Waals surface area contributed by atoms with Gasteiger partial charge in [0, 0.05) is 18.2 Å². The van der Waals surface area contributed by atoms with Gasteiger partial charge in [0.15, 0.2) is 0 Å². The van der Waals surface area contributed by atoms with Gasteiger partial charge in [-0.2, -0.15) is 0 Å². The van der Waals surface area contributed by atoms with Crippen LogP contribution in [0.3, 0.4) is 0 Å². The monoisotopic (exact) mass is 320 g/mol. The van der Waals surface area contributed by atoms with E-state index in [2.05, 4.69) is 13.9 Å². The van der Waals surface area contributed by atoms with Crippen molar-refractivity contribution in [2.24, 2.45) is 0 Å². The fraction of sp³-hybridized carbons (Fsp3) is 0.143. The van der Waals surface area contributed by atoms with Crippen LogP contribution in [0.25, 0.3) is 0 Å². The number of carbonyl (C=O) groups is 1.